The van der Waals surface area contributed by atoms with Crippen LogP contribution in [0, 0.1) is 11.3 Å². The number of anilines is 1. The Morgan fingerprint density at radius 3 is 2.18 bits per heavy atom. The second kappa shape index (κ2) is 12.4. The molecule has 0 saturated heterocycles. The van der Waals surface area contributed by atoms with Gasteiger partial charge in [-0.05, 0) is 24.3 Å². The van der Waals surface area contributed by atoms with Crippen LogP contribution in [0.3, 0.4) is 0 Å². The van der Waals surface area contributed by atoms with Gasteiger partial charge in [0.1, 0.15) is 12.2 Å². The molecular weight excluding hydrogens is 492 g/mol. The van der Waals surface area contributed by atoms with Crippen molar-refractivity contribution in [2.45, 2.75) is 51.2 Å². The number of amides is 1. The maximum absolute atomic E-state index is 12.4. The van der Waals surface area contributed by atoms with E-state index in [-0.39, 0.29) is 28.5 Å². The van der Waals surface area contributed by atoms with Gasteiger partial charge < -0.3 is 11.5 Å². The molecule has 0 radical (unpaired) electrons. The molecule has 1 saturated carbocycles. The van der Waals surface area contributed by atoms with Gasteiger partial charge in [0.2, 0.25) is 0 Å². The molecule has 3 aromatic rings. The third-order valence-electron chi connectivity index (χ3n) is 4.81. The number of carbonyl (C=O) groups excluding carboxylic acids is 1. The minimum Gasteiger partial charge on any atom is -0.398 e. The normalized spacial score (nSPS) is 13.2. The molecule has 1 aliphatic rings. The molecule has 12 heteroatoms. The molecule has 34 heavy (non-hydrogen) atoms. The molecule has 2 heterocycles. The van der Waals surface area contributed by atoms with E-state index in [1.165, 1.54) is 67.6 Å². The lowest BCUT2D eigenvalue weighted by Gasteiger charge is -2.09. The Morgan fingerprint density at radius 2 is 1.71 bits per heavy atom. The summed E-state index contributed by atoms with van der Waals surface area (Å²) < 4.78 is 38.5. The number of halogens is 5. The van der Waals surface area contributed by atoms with Gasteiger partial charge in [-0.25, -0.2) is 4.98 Å². The highest BCUT2D eigenvalue weighted by molar-refractivity contribution is 6.32. The minimum atomic E-state index is -4.50. The summed E-state index contributed by atoms with van der Waals surface area (Å²) in [5.41, 5.74) is 9.81. The van der Waals surface area contributed by atoms with Crippen LogP contribution in [-0.2, 0) is 12.7 Å². The molecule has 0 bridgehead atoms. The molecule has 1 amide bonds. The predicted molar refractivity (Wildman–Crippen MR) is 125 cm³/mol. The quantitative estimate of drug-likeness (QED) is 0.434. The number of benzene rings is 1. The van der Waals surface area contributed by atoms with Gasteiger partial charge in [-0.1, -0.05) is 61.7 Å². The zero-order chi connectivity index (χ0) is 25.3. The van der Waals surface area contributed by atoms with Crippen molar-refractivity contribution < 1.29 is 18.0 Å². The number of pyridine rings is 1. The standard InChI is InChI=1S/C10H6ClF3N2.C6H5ClN4O.C6H12/c11-5-1-2-8-6(3-5)7(15)4-9(16-8)10(12,13)14;7-5-4(6(9)12)3-11(10-5)2-1-8;1-2-4-6-5-3-1/h1-4H,(H2,15,16);3H,2H2,(H2,9,12);1-6H2. The fraction of sp³-hybridized carbons (Fsp3) is 0.364. The van der Waals surface area contributed by atoms with E-state index in [9.17, 15) is 18.0 Å². The largest absolute Gasteiger partial charge is 0.433 e. The Hall–Kier alpha value is -3.03. The van der Waals surface area contributed by atoms with Crippen molar-refractivity contribution in [2.75, 3.05) is 5.73 Å². The molecule has 2 aromatic heterocycles. The SMILES string of the molecule is C1CCCCC1.N#CCn1cc(C(N)=O)c(Cl)n1.Nc1cc(C(F)(F)F)nc2ccc(Cl)cc12. The van der Waals surface area contributed by atoms with Gasteiger partial charge in [-0.2, -0.15) is 23.5 Å². The van der Waals surface area contributed by atoms with Gasteiger partial charge in [0, 0.05) is 22.3 Å². The molecule has 0 aliphatic heterocycles. The molecule has 0 spiro atoms. The maximum atomic E-state index is 12.4. The summed E-state index contributed by atoms with van der Waals surface area (Å²) in [5.74, 6) is -0.649. The number of alkyl halides is 3. The number of aromatic nitrogens is 3. The van der Waals surface area contributed by atoms with Crippen molar-refractivity contribution in [2.24, 2.45) is 5.73 Å². The average molecular weight is 515 g/mol. The van der Waals surface area contributed by atoms with Crippen LogP contribution < -0.4 is 11.5 Å². The molecule has 4 N–H and O–H groups in total. The van der Waals surface area contributed by atoms with Gasteiger partial charge in [0.15, 0.2) is 5.15 Å². The number of nitrogens with zero attached hydrogens (tertiary/aromatic N) is 4. The summed E-state index contributed by atoms with van der Waals surface area (Å²) in [7, 11) is 0. The monoisotopic (exact) mass is 514 g/mol. The molecule has 0 unspecified atom stereocenters. The fourth-order valence-corrected chi connectivity index (χ4v) is 3.56. The zero-order valence-corrected chi connectivity index (χ0v) is 19.6. The van der Waals surface area contributed by atoms with Gasteiger partial charge in [-0.15, -0.1) is 0 Å². The van der Waals surface area contributed by atoms with Crippen LogP contribution in [0.25, 0.3) is 10.9 Å². The highest BCUT2D eigenvalue weighted by Gasteiger charge is 2.33. The molecule has 0 atom stereocenters. The van der Waals surface area contributed by atoms with Crippen molar-refractivity contribution in [3.63, 3.8) is 0 Å². The second-order valence-corrected chi connectivity index (χ2v) is 8.23. The van der Waals surface area contributed by atoms with Crippen molar-refractivity contribution in [3.05, 3.63) is 51.9 Å². The highest BCUT2D eigenvalue weighted by Crippen LogP contribution is 2.32. The fourth-order valence-electron chi connectivity index (χ4n) is 3.15. The van der Waals surface area contributed by atoms with Gasteiger partial charge in [-0.3, -0.25) is 9.48 Å². The van der Waals surface area contributed by atoms with E-state index in [0.717, 1.165) is 6.07 Å². The third-order valence-corrected chi connectivity index (χ3v) is 5.32. The van der Waals surface area contributed by atoms with E-state index in [1.54, 1.807) is 0 Å². The smallest absolute Gasteiger partial charge is 0.398 e. The summed E-state index contributed by atoms with van der Waals surface area (Å²) in [6, 6.07) is 7.02. The van der Waals surface area contributed by atoms with E-state index in [1.807, 2.05) is 6.07 Å². The lowest BCUT2D eigenvalue weighted by atomic mass is 10.0. The van der Waals surface area contributed by atoms with Gasteiger partial charge in [0.25, 0.3) is 5.91 Å². The van der Waals surface area contributed by atoms with Crippen LogP contribution in [0.4, 0.5) is 18.9 Å². The summed E-state index contributed by atoms with van der Waals surface area (Å²) in [4.78, 5) is 14.1. The predicted octanol–water partition coefficient (Wildman–Crippen LogP) is 5.99. The van der Waals surface area contributed by atoms with Crippen LogP contribution in [-0.4, -0.2) is 20.7 Å². The van der Waals surface area contributed by atoms with Crippen molar-refractivity contribution >= 4 is 45.7 Å². The summed E-state index contributed by atoms with van der Waals surface area (Å²) in [6.07, 6.45) is 5.84. The second-order valence-electron chi connectivity index (χ2n) is 7.43. The van der Waals surface area contributed by atoms with E-state index >= 15 is 0 Å². The molecule has 1 aromatic carbocycles. The van der Waals surface area contributed by atoms with Gasteiger partial charge >= 0.3 is 6.18 Å². The Bertz CT molecular complexity index is 1160. The number of fused-ring (bicyclic) bond motifs is 1. The first kappa shape index (κ1) is 27.2. The number of nitrogens with two attached hydrogens (primary N) is 2. The van der Waals surface area contributed by atoms with E-state index < -0.39 is 17.8 Å². The molecule has 4 rings (SSSR count). The zero-order valence-electron chi connectivity index (χ0n) is 18.1. The topological polar surface area (TPSA) is 124 Å². The minimum absolute atomic E-state index is 0.0137. The first-order valence-corrected chi connectivity index (χ1v) is 11.1. The Balaban J connectivity index is 0.000000199. The van der Waals surface area contributed by atoms with Crippen LogP contribution in [0.5, 0.6) is 0 Å². The summed E-state index contributed by atoms with van der Waals surface area (Å²) in [5, 5.41) is 12.8. The first-order valence-electron chi connectivity index (χ1n) is 10.4. The van der Waals surface area contributed by atoms with E-state index in [2.05, 4.69) is 10.1 Å². The van der Waals surface area contributed by atoms with E-state index in [0.29, 0.717) is 10.4 Å². The van der Waals surface area contributed by atoms with E-state index in [4.69, 9.17) is 39.9 Å². The van der Waals surface area contributed by atoms with Crippen LogP contribution >= 0.6 is 23.2 Å². The van der Waals surface area contributed by atoms with Crippen LogP contribution in [0.2, 0.25) is 10.2 Å². The Kier molecular flexibility index (Phi) is 9.96. The summed E-state index contributed by atoms with van der Waals surface area (Å²) in [6.45, 7) is 0.0486. The average Bonchev–Trinajstić information content (AvgIpc) is 3.16. The molecule has 7 nitrogen and oxygen atoms in total. The third kappa shape index (κ3) is 8.08. The van der Waals surface area contributed by atoms with Crippen molar-refractivity contribution in [3.8, 4) is 6.07 Å². The number of hydrogen-bond acceptors (Lipinski definition) is 5. The lowest BCUT2D eigenvalue weighted by Crippen LogP contribution is -2.10. The van der Waals surface area contributed by atoms with Gasteiger partial charge in [0.05, 0.1) is 17.1 Å². The molecular formula is C22H23Cl2F3N6O. The Labute approximate surface area is 204 Å². The maximum Gasteiger partial charge on any atom is 0.433 e. The Morgan fingerprint density at radius 1 is 1.12 bits per heavy atom. The van der Waals surface area contributed by atoms with Crippen LogP contribution in [0.15, 0.2) is 30.5 Å². The molecule has 1 fully saturated rings. The molecule has 1 aliphatic carbocycles. The lowest BCUT2D eigenvalue weighted by molar-refractivity contribution is -0.140. The molecule has 182 valence electrons. The number of primary amides is 1. The van der Waals surface area contributed by atoms with Crippen molar-refractivity contribution in [1.82, 2.24) is 14.8 Å². The number of carbonyl (C=O) groups is 1. The number of nitriles is 1. The van der Waals surface area contributed by atoms with Crippen LogP contribution in [0.1, 0.15) is 54.6 Å². The number of nitrogen functional groups attached to an aromatic ring is 1. The number of hydrogen-bond donors (Lipinski definition) is 2. The van der Waals surface area contributed by atoms with Crippen molar-refractivity contribution in [1.29, 1.82) is 5.26 Å². The first-order chi connectivity index (χ1) is 16.0. The highest BCUT2D eigenvalue weighted by atomic mass is 35.5. The number of rotatable bonds is 2. The summed E-state index contributed by atoms with van der Waals surface area (Å²) >= 11 is 11.2.